The maximum atomic E-state index is 12.1. The molecule has 1 aliphatic heterocycles. The van der Waals surface area contributed by atoms with Crippen LogP contribution in [0, 0.1) is 0 Å². The van der Waals surface area contributed by atoms with Crippen LogP contribution in [0.1, 0.15) is 35.0 Å². The molecule has 0 bridgehead atoms. The highest BCUT2D eigenvalue weighted by atomic mass is 32.1. The SMILES string of the molecule is Cn1nc(NC(=O)Nc2nnc(C3CC3)s2)c2c1CCOC2. The van der Waals surface area contributed by atoms with Gasteiger partial charge in [-0.15, -0.1) is 10.2 Å². The summed E-state index contributed by atoms with van der Waals surface area (Å²) in [6.07, 6.45) is 3.14. The highest BCUT2D eigenvalue weighted by Gasteiger charge is 2.28. The molecule has 4 rings (SSSR count). The fourth-order valence-corrected chi connectivity index (χ4v) is 3.43. The van der Waals surface area contributed by atoms with Gasteiger partial charge in [0.25, 0.3) is 0 Å². The minimum atomic E-state index is -0.357. The summed E-state index contributed by atoms with van der Waals surface area (Å²) in [6, 6.07) is -0.357. The van der Waals surface area contributed by atoms with Gasteiger partial charge in [0.2, 0.25) is 5.13 Å². The third-order valence-electron chi connectivity index (χ3n) is 3.82. The second-order valence-corrected chi connectivity index (χ2v) is 6.51. The van der Waals surface area contributed by atoms with Crippen molar-refractivity contribution in [1.82, 2.24) is 20.0 Å². The lowest BCUT2D eigenvalue weighted by atomic mass is 10.1. The van der Waals surface area contributed by atoms with E-state index in [1.807, 2.05) is 7.05 Å². The van der Waals surface area contributed by atoms with Gasteiger partial charge in [-0.2, -0.15) is 5.10 Å². The number of urea groups is 1. The number of hydrogen-bond acceptors (Lipinski definition) is 6. The molecule has 0 aromatic carbocycles. The van der Waals surface area contributed by atoms with Gasteiger partial charge in [-0.1, -0.05) is 11.3 Å². The monoisotopic (exact) mass is 320 g/mol. The van der Waals surface area contributed by atoms with Gasteiger partial charge in [-0.05, 0) is 12.8 Å². The molecule has 1 fully saturated rings. The molecule has 1 aliphatic carbocycles. The molecule has 3 heterocycles. The topological polar surface area (TPSA) is 94.0 Å². The van der Waals surface area contributed by atoms with Crippen molar-refractivity contribution in [2.75, 3.05) is 17.2 Å². The molecule has 1 saturated carbocycles. The van der Waals surface area contributed by atoms with Crippen LogP contribution in [0.3, 0.4) is 0 Å². The molecule has 0 radical (unpaired) electrons. The molecule has 9 heteroatoms. The predicted octanol–water partition coefficient (Wildman–Crippen LogP) is 1.87. The summed E-state index contributed by atoms with van der Waals surface area (Å²) in [6.45, 7) is 1.16. The first-order valence-electron chi connectivity index (χ1n) is 7.24. The van der Waals surface area contributed by atoms with E-state index < -0.39 is 0 Å². The Kier molecular flexibility index (Phi) is 3.30. The number of aryl methyl sites for hydroxylation is 1. The zero-order valence-corrected chi connectivity index (χ0v) is 12.9. The van der Waals surface area contributed by atoms with Crippen molar-refractivity contribution < 1.29 is 9.53 Å². The smallest absolute Gasteiger partial charge is 0.326 e. The first kappa shape index (κ1) is 13.6. The van der Waals surface area contributed by atoms with Crippen LogP contribution in [0.4, 0.5) is 15.7 Å². The molecule has 2 N–H and O–H groups in total. The van der Waals surface area contributed by atoms with E-state index in [0.717, 1.165) is 22.7 Å². The number of anilines is 2. The summed E-state index contributed by atoms with van der Waals surface area (Å²) in [5.41, 5.74) is 2.05. The molecule has 2 aliphatic rings. The summed E-state index contributed by atoms with van der Waals surface area (Å²) in [7, 11) is 1.87. The summed E-state index contributed by atoms with van der Waals surface area (Å²) in [5.74, 6) is 1.08. The van der Waals surface area contributed by atoms with E-state index in [4.69, 9.17) is 4.74 Å². The van der Waals surface area contributed by atoms with E-state index in [1.54, 1.807) is 4.68 Å². The Morgan fingerprint density at radius 2 is 2.23 bits per heavy atom. The highest BCUT2D eigenvalue weighted by Crippen LogP contribution is 2.42. The molecule has 0 atom stereocenters. The third-order valence-corrected chi connectivity index (χ3v) is 4.83. The number of carbonyl (C=O) groups excluding carboxylic acids is 1. The van der Waals surface area contributed by atoms with Crippen molar-refractivity contribution in [3.8, 4) is 0 Å². The van der Waals surface area contributed by atoms with E-state index in [-0.39, 0.29) is 6.03 Å². The molecule has 116 valence electrons. The Balaban J connectivity index is 1.45. The fourth-order valence-electron chi connectivity index (χ4n) is 2.53. The Hall–Kier alpha value is -2.00. The Bertz CT molecular complexity index is 720. The first-order valence-corrected chi connectivity index (χ1v) is 8.06. The average molecular weight is 320 g/mol. The van der Waals surface area contributed by atoms with Crippen LogP contribution in [0.2, 0.25) is 0 Å². The first-order chi connectivity index (χ1) is 10.7. The Morgan fingerprint density at radius 1 is 1.36 bits per heavy atom. The van der Waals surface area contributed by atoms with Crippen LogP contribution >= 0.6 is 11.3 Å². The summed E-state index contributed by atoms with van der Waals surface area (Å²) < 4.78 is 7.24. The van der Waals surface area contributed by atoms with Crippen LogP contribution in [-0.2, 0) is 24.8 Å². The number of carbonyl (C=O) groups is 1. The van der Waals surface area contributed by atoms with E-state index in [2.05, 4.69) is 25.9 Å². The fraction of sp³-hybridized carbons (Fsp3) is 0.538. The summed E-state index contributed by atoms with van der Waals surface area (Å²) >= 11 is 1.43. The molecule has 0 spiro atoms. The van der Waals surface area contributed by atoms with Crippen molar-refractivity contribution in [3.63, 3.8) is 0 Å². The van der Waals surface area contributed by atoms with Crippen molar-refractivity contribution in [2.45, 2.75) is 31.8 Å². The van der Waals surface area contributed by atoms with Gasteiger partial charge in [-0.25, -0.2) is 4.79 Å². The van der Waals surface area contributed by atoms with Gasteiger partial charge in [0.1, 0.15) is 5.01 Å². The maximum Gasteiger partial charge on any atom is 0.326 e. The number of aromatic nitrogens is 4. The zero-order valence-electron chi connectivity index (χ0n) is 12.1. The van der Waals surface area contributed by atoms with Crippen LogP contribution < -0.4 is 10.6 Å². The predicted molar refractivity (Wildman–Crippen MR) is 81.1 cm³/mol. The van der Waals surface area contributed by atoms with Crippen LogP contribution in [0.5, 0.6) is 0 Å². The highest BCUT2D eigenvalue weighted by molar-refractivity contribution is 7.15. The quantitative estimate of drug-likeness (QED) is 0.900. The number of nitrogens with one attached hydrogen (secondary N) is 2. The van der Waals surface area contributed by atoms with Gasteiger partial charge < -0.3 is 4.74 Å². The minimum Gasteiger partial charge on any atom is -0.376 e. The van der Waals surface area contributed by atoms with E-state index in [1.165, 1.54) is 24.2 Å². The largest absolute Gasteiger partial charge is 0.376 e. The van der Waals surface area contributed by atoms with Crippen molar-refractivity contribution in [1.29, 1.82) is 0 Å². The molecule has 2 aromatic heterocycles. The molecule has 0 unspecified atom stereocenters. The van der Waals surface area contributed by atoms with E-state index in [9.17, 15) is 4.79 Å². The number of rotatable bonds is 3. The average Bonchev–Trinajstić information content (AvgIpc) is 3.19. The number of hydrogen-bond donors (Lipinski definition) is 2. The van der Waals surface area contributed by atoms with Gasteiger partial charge in [0.15, 0.2) is 5.82 Å². The molecule has 2 amide bonds. The van der Waals surface area contributed by atoms with E-state index in [0.29, 0.717) is 30.1 Å². The lowest BCUT2D eigenvalue weighted by Crippen LogP contribution is -2.21. The zero-order chi connectivity index (χ0) is 15.1. The van der Waals surface area contributed by atoms with Gasteiger partial charge in [-0.3, -0.25) is 15.3 Å². The number of ether oxygens (including phenoxy) is 1. The van der Waals surface area contributed by atoms with Crippen molar-refractivity contribution in [3.05, 3.63) is 16.3 Å². The lowest BCUT2D eigenvalue weighted by Gasteiger charge is -2.13. The normalized spacial score (nSPS) is 17.1. The van der Waals surface area contributed by atoms with E-state index >= 15 is 0 Å². The summed E-state index contributed by atoms with van der Waals surface area (Å²) in [5, 5.41) is 19.4. The van der Waals surface area contributed by atoms with Crippen LogP contribution in [-0.4, -0.2) is 32.6 Å². The lowest BCUT2D eigenvalue weighted by molar-refractivity contribution is 0.109. The molecular weight excluding hydrogens is 304 g/mol. The maximum absolute atomic E-state index is 12.1. The standard InChI is InChI=1S/C13H16N6O2S/c1-19-9-4-5-21-6-8(9)10(18-19)14-12(20)15-13-17-16-11(22-13)7-2-3-7/h7H,2-6H2,1H3,(H2,14,15,17,18,20). The number of nitrogens with zero attached hydrogens (tertiary/aromatic N) is 4. The Labute approximate surface area is 130 Å². The molecular formula is C13H16N6O2S. The molecule has 2 aromatic rings. The minimum absolute atomic E-state index is 0.357. The van der Waals surface area contributed by atoms with Crippen LogP contribution in [0.15, 0.2) is 0 Å². The second kappa shape index (κ2) is 5.33. The number of fused-ring (bicyclic) bond motifs is 1. The van der Waals surface area contributed by atoms with Crippen molar-refractivity contribution in [2.24, 2.45) is 7.05 Å². The van der Waals surface area contributed by atoms with Gasteiger partial charge in [0, 0.05) is 30.6 Å². The van der Waals surface area contributed by atoms with Gasteiger partial charge in [0.05, 0.1) is 13.2 Å². The molecule has 22 heavy (non-hydrogen) atoms. The molecule has 0 saturated heterocycles. The van der Waals surface area contributed by atoms with Gasteiger partial charge >= 0.3 is 6.03 Å². The van der Waals surface area contributed by atoms with Crippen molar-refractivity contribution >= 4 is 28.3 Å². The van der Waals surface area contributed by atoms with Crippen LogP contribution in [0.25, 0.3) is 0 Å². The Morgan fingerprint density at radius 3 is 3.05 bits per heavy atom. The molecule has 8 nitrogen and oxygen atoms in total. The summed E-state index contributed by atoms with van der Waals surface area (Å²) in [4.78, 5) is 12.1. The number of amides is 2. The second-order valence-electron chi connectivity index (χ2n) is 5.50. The third kappa shape index (κ3) is 2.57.